The minimum Gasteiger partial charge on any atom is -0.381 e. The highest BCUT2D eigenvalue weighted by molar-refractivity contribution is 5.96. The quantitative estimate of drug-likeness (QED) is 0.357. The van der Waals surface area contributed by atoms with Gasteiger partial charge in [0, 0.05) is 13.0 Å². The van der Waals surface area contributed by atoms with E-state index in [0.717, 1.165) is 27.5 Å². The SMILES string of the molecule is CC(C)CN(CC(O)C(N)=O)C(=O)N[C@@H](Cc1ccc(-c2cccc3ccccc23)cc1)C(N)=O. The lowest BCUT2D eigenvalue weighted by Gasteiger charge is -2.28. The van der Waals surface area contributed by atoms with Gasteiger partial charge in [-0.1, -0.05) is 80.6 Å². The fraction of sp³-hybridized carbons (Fsp3) is 0.296. The van der Waals surface area contributed by atoms with Crippen molar-refractivity contribution in [3.05, 3.63) is 72.3 Å². The predicted molar refractivity (Wildman–Crippen MR) is 136 cm³/mol. The number of hydrogen-bond donors (Lipinski definition) is 4. The lowest BCUT2D eigenvalue weighted by molar-refractivity contribution is -0.126. The van der Waals surface area contributed by atoms with Crippen LogP contribution in [-0.4, -0.2) is 53.1 Å². The molecule has 0 saturated carbocycles. The van der Waals surface area contributed by atoms with Crippen molar-refractivity contribution in [1.82, 2.24) is 10.2 Å². The molecule has 0 aliphatic carbocycles. The van der Waals surface area contributed by atoms with Gasteiger partial charge in [0.2, 0.25) is 11.8 Å². The third-order valence-corrected chi connectivity index (χ3v) is 5.73. The number of urea groups is 1. The Morgan fingerprint density at radius 2 is 1.54 bits per heavy atom. The van der Waals surface area contributed by atoms with Crippen LogP contribution >= 0.6 is 0 Å². The van der Waals surface area contributed by atoms with Gasteiger partial charge in [0.05, 0.1) is 6.54 Å². The van der Waals surface area contributed by atoms with E-state index in [1.165, 1.54) is 4.90 Å². The van der Waals surface area contributed by atoms with Crippen LogP contribution < -0.4 is 16.8 Å². The van der Waals surface area contributed by atoms with Gasteiger partial charge in [-0.2, -0.15) is 0 Å². The normalized spacial score (nSPS) is 12.8. The summed E-state index contributed by atoms with van der Waals surface area (Å²) in [5, 5.41) is 14.8. The fourth-order valence-corrected chi connectivity index (χ4v) is 3.98. The number of rotatable bonds is 10. The first-order valence-electron chi connectivity index (χ1n) is 11.5. The topological polar surface area (TPSA) is 139 Å². The first kappa shape index (κ1) is 25.7. The van der Waals surface area contributed by atoms with Crippen molar-refractivity contribution >= 4 is 28.6 Å². The summed E-state index contributed by atoms with van der Waals surface area (Å²) in [4.78, 5) is 37.5. The second-order valence-corrected chi connectivity index (χ2v) is 9.05. The van der Waals surface area contributed by atoms with E-state index in [9.17, 15) is 19.5 Å². The van der Waals surface area contributed by atoms with Crippen molar-refractivity contribution in [3.63, 3.8) is 0 Å². The lowest BCUT2D eigenvalue weighted by Crippen LogP contribution is -2.54. The van der Waals surface area contributed by atoms with Crippen LogP contribution in [0, 0.1) is 5.92 Å². The summed E-state index contributed by atoms with van der Waals surface area (Å²) in [6.45, 7) is 3.77. The average Bonchev–Trinajstić information content (AvgIpc) is 2.82. The highest BCUT2D eigenvalue weighted by Gasteiger charge is 2.25. The molecule has 0 heterocycles. The average molecular weight is 477 g/mol. The molecule has 8 nitrogen and oxygen atoms in total. The summed E-state index contributed by atoms with van der Waals surface area (Å²) in [6.07, 6.45) is -1.31. The number of fused-ring (bicyclic) bond motifs is 1. The molecule has 3 rings (SSSR count). The minimum atomic E-state index is -1.51. The number of benzene rings is 3. The van der Waals surface area contributed by atoms with E-state index < -0.39 is 30.0 Å². The van der Waals surface area contributed by atoms with Crippen LogP contribution in [0.4, 0.5) is 4.79 Å². The highest BCUT2D eigenvalue weighted by atomic mass is 16.3. The molecular weight excluding hydrogens is 444 g/mol. The van der Waals surface area contributed by atoms with E-state index in [4.69, 9.17) is 11.5 Å². The molecule has 35 heavy (non-hydrogen) atoms. The van der Waals surface area contributed by atoms with Gasteiger partial charge in [0.1, 0.15) is 12.1 Å². The van der Waals surface area contributed by atoms with E-state index in [2.05, 4.69) is 29.6 Å². The van der Waals surface area contributed by atoms with E-state index in [1.54, 1.807) is 0 Å². The van der Waals surface area contributed by atoms with Crippen molar-refractivity contribution in [3.8, 4) is 11.1 Å². The summed E-state index contributed by atoms with van der Waals surface area (Å²) in [5.74, 6) is -1.55. The number of nitrogens with one attached hydrogen (secondary N) is 1. The monoisotopic (exact) mass is 476 g/mol. The van der Waals surface area contributed by atoms with Gasteiger partial charge < -0.3 is 26.8 Å². The molecule has 0 saturated heterocycles. The second-order valence-electron chi connectivity index (χ2n) is 9.05. The van der Waals surface area contributed by atoms with Crippen molar-refractivity contribution in [1.29, 1.82) is 0 Å². The van der Waals surface area contributed by atoms with Crippen molar-refractivity contribution in [2.45, 2.75) is 32.4 Å². The molecule has 8 heteroatoms. The van der Waals surface area contributed by atoms with Crippen LogP contribution in [0.15, 0.2) is 66.7 Å². The number of aliphatic hydroxyl groups is 1. The molecule has 0 fully saturated rings. The molecule has 4 amide bonds. The molecule has 0 aliphatic heterocycles. The number of amides is 4. The third-order valence-electron chi connectivity index (χ3n) is 5.73. The Kier molecular flexibility index (Phi) is 8.43. The fourth-order valence-electron chi connectivity index (χ4n) is 3.98. The molecule has 0 aliphatic rings. The zero-order chi connectivity index (χ0) is 25.5. The molecule has 6 N–H and O–H groups in total. The van der Waals surface area contributed by atoms with Crippen molar-refractivity contribution in [2.24, 2.45) is 17.4 Å². The molecule has 3 aromatic carbocycles. The number of nitrogens with two attached hydrogens (primary N) is 2. The van der Waals surface area contributed by atoms with Crippen LogP contribution in [-0.2, 0) is 16.0 Å². The van der Waals surface area contributed by atoms with Crippen molar-refractivity contribution in [2.75, 3.05) is 13.1 Å². The molecule has 0 bridgehead atoms. The molecule has 0 spiro atoms. The van der Waals surface area contributed by atoms with Gasteiger partial charge in [-0.3, -0.25) is 9.59 Å². The molecule has 3 aromatic rings. The number of carbonyl (C=O) groups excluding carboxylic acids is 3. The van der Waals surface area contributed by atoms with Gasteiger partial charge in [0.15, 0.2) is 0 Å². The molecule has 2 atom stereocenters. The van der Waals surface area contributed by atoms with Gasteiger partial charge >= 0.3 is 6.03 Å². The van der Waals surface area contributed by atoms with Gasteiger partial charge in [-0.15, -0.1) is 0 Å². The summed E-state index contributed by atoms with van der Waals surface area (Å²) in [6, 6.07) is 20.5. The van der Waals surface area contributed by atoms with Crippen LogP contribution in [0.2, 0.25) is 0 Å². The van der Waals surface area contributed by atoms with Crippen molar-refractivity contribution < 1.29 is 19.5 Å². The number of primary amides is 2. The smallest absolute Gasteiger partial charge is 0.318 e. The number of carbonyl (C=O) groups is 3. The molecule has 0 aromatic heterocycles. The Labute approximate surface area is 204 Å². The van der Waals surface area contributed by atoms with E-state index in [0.29, 0.717) is 0 Å². The van der Waals surface area contributed by atoms with Crippen LogP contribution in [0.5, 0.6) is 0 Å². The Morgan fingerprint density at radius 3 is 2.17 bits per heavy atom. The van der Waals surface area contributed by atoms with E-state index in [-0.39, 0.29) is 25.4 Å². The maximum atomic E-state index is 12.8. The van der Waals surface area contributed by atoms with Gasteiger partial charge in [-0.05, 0) is 33.4 Å². The van der Waals surface area contributed by atoms with E-state index >= 15 is 0 Å². The standard InChI is InChI=1S/C27H32N4O4/c1-17(2)15-31(16-24(32)26(29)34)27(35)30-23(25(28)33)14-18-10-12-20(13-11-18)22-9-5-7-19-6-3-4-8-21(19)22/h3-13,17,23-24,32H,14-16H2,1-2H3,(H2,28,33)(H2,29,34)(H,30,35)/t23-,24?/m0/s1. The number of hydrogen-bond acceptors (Lipinski definition) is 4. The molecule has 0 radical (unpaired) electrons. The molecular formula is C27H32N4O4. The minimum absolute atomic E-state index is 0.0643. The Morgan fingerprint density at radius 1 is 0.886 bits per heavy atom. The largest absolute Gasteiger partial charge is 0.381 e. The Balaban J connectivity index is 1.74. The summed E-state index contributed by atoms with van der Waals surface area (Å²) in [7, 11) is 0. The third kappa shape index (κ3) is 6.80. The maximum absolute atomic E-state index is 12.8. The Bertz CT molecular complexity index is 1190. The number of aliphatic hydroxyl groups excluding tert-OH is 1. The second kappa shape index (κ2) is 11.5. The number of nitrogens with zero attached hydrogens (tertiary/aromatic N) is 1. The Hall–Kier alpha value is -3.91. The predicted octanol–water partition coefficient (Wildman–Crippen LogP) is 2.42. The molecule has 1 unspecified atom stereocenters. The van der Waals surface area contributed by atoms with Crippen LogP contribution in [0.25, 0.3) is 21.9 Å². The van der Waals surface area contributed by atoms with Gasteiger partial charge in [0.25, 0.3) is 0 Å². The molecule has 184 valence electrons. The lowest BCUT2D eigenvalue weighted by atomic mass is 9.96. The highest BCUT2D eigenvalue weighted by Crippen LogP contribution is 2.28. The zero-order valence-electron chi connectivity index (χ0n) is 20.0. The maximum Gasteiger partial charge on any atom is 0.318 e. The summed E-state index contributed by atoms with van der Waals surface area (Å²) < 4.78 is 0. The van der Waals surface area contributed by atoms with Crippen LogP contribution in [0.1, 0.15) is 19.4 Å². The zero-order valence-corrected chi connectivity index (χ0v) is 20.0. The first-order chi connectivity index (χ1) is 16.7. The first-order valence-corrected chi connectivity index (χ1v) is 11.5. The van der Waals surface area contributed by atoms with E-state index in [1.807, 2.05) is 56.3 Å². The van der Waals surface area contributed by atoms with Gasteiger partial charge in [-0.25, -0.2) is 4.79 Å². The van der Waals surface area contributed by atoms with Crippen LogP contribution in [0.3, 0.4) is 0 Å². The summed E-state index contributed by atoms with van der Waals surface area (Å²) in [5.41, 5.74) is 13.7. The summed E-state index contributed by atoms with van der Waals surface area (Å²) >= 11 is 0.